The number of carboxylic acid groups (broad SMARTS) is 1. The van der Waals surface area contributed by atoms with Gasteiger partial charge < -0.3 is 14.7 Å². The molecule has 0 radical (unpaired) electrons. The zero-order valence-corrected chi connectivity index (χ0v) is 19.1. The Morgan fingerprint density at radius 3 is 2.39 bits per heavy atom. The molecule has 4 rings (SSSR count). The van der Waals surface area contributed by atoms with Crippen LogP contribution in [0.3, 0.4) is 0 Å². The molecular weight excluding hydrogens is 414 g/mol. The zero-order valence-electron chi connectivity index (χ0n) is 19.1. The molecule has 33 heavy (non-hydrogen) atoms. The van der Waals surface area contributed by atoms with Crippen LogP contribution in [0, 0.1) is 0 Å². The van der Waals surface area contributed by atoms with E-state index >= 15 is 0 Å². The third-order valence-corrected chi connectivity index (χ3v) is 6.77. The van der Waals surface area contributed by atoms with Crippen LogP contribution in [0.5, 0.6) is 5.75 Å². The summed E-state index contributed by atoms with van der Waals surface area (Å²) in [5.74, 6) is -0.0354. The van der Waals surface area contributed by atoms with E-state index in [9.17, 15) is 14.7 Å². The summed E-state index contributed by atoms with van der Waals surface area (Å²) in [4.78, 5) is 27.0. The van der Waals surface area contributed by atoms with Gasteiger partial charge in [0.1, 0.15) is 5.75 Å². The molecule has 0 saturated carbocycles. The maximum Gasteiger partial charge on any atom is 0.303 e. The Morgan fingerprint density at radius 2 is 1.79 bits per heavy atom. The van der Waals surface area contributed by atoms with E-state index in [2.05, 4.69) is 17.0 Å². The van der Waals surface area contributed by atoms with Crippen molar-refractivity contribution in [1.82, 2.24) is 4.90 Å². The molecule has 0 aromatic heterocycles. The summed E-state index contributed by atoms with van der Waals surface area (Å²) in [6, 6.07) is 18.1. The quantitative estimate of drug-likeness (QED) is 0.562. The highest BCUT2D eigenvalue weighted by Crippen LogP contribution is 2.46. The molecule has 0 amide bonds. The van der Waals surface area contributed by atoms with Crippen LogP contribution >= 0.6 is 0 Å². The first-order chi connectivity index (χ1) is 16.0. The number of nitrogens with zero attached hydrogens (tertiary/aromatic N) is 1. The number of benzene rings is 2. The predicted molar refractivity (Wildman–Crippen MR) is 128 cm³/mol. The molecule has 2 aromatic rings. The van der Waals surface area contributed by atoms with Crippen molar-refractivity contribution in [1.29, 1.82) is 0 Å². The third-order valence-electron chi connectivity index (χ3n) is 6.77. The Hall–Kier alpha value is -3.34. The summed E-state index contributed by atoms with van der Waals surface area (Å²) < 4.78 is 5.34. The predicted octanol–water partition coefficient (Wildman–Crippen LogP) is 4.92. The van der Waals surface area contributed by atoms with E-state index in [1.165, 1.54) is 5.56 Å². The molecule has 2 aliphatic rings. The van der Waals surface area contributed by atoms with E-state index in [-0.39, 0.29) is 12.2 Å². The molecule has 1 N–H and O–H groups in total. The maximum atomic E-state index is 13.1. The lowest BCUT2D eigenvalue weighted by Gasteiger charge is -2.47. The number of aliphatic carboxylic acids is 1. The number of ether oxygens (including phenoxy) is 1. The molecular formula is C28H31NO4. The van der Waals surface area contributed by atoms with Crippen molar-refractivity contribution in [2.24, 2.45) is 0 Å². The maximum absolute atomic E-state index is 13.1. The lowest BCUT2D eigenvalue weighted by molar-refractivity contribution is -0.137. The van der Waals surface area contributed by atoms with Crippen LogP contribution in [0.1, 0.15) is 43.2 Å². The minimum Gasteiger partial charge on any atom is -0.497 e. The monoisotopic (exact) mass is 445 g/mol. The molecule has 1 atom stereocenters. The van der Waals surface area contributed by atoms with Crippen molar-refractivity contribution < 1.29 is 19.4 Å². The topological polar surface area (TPSA) is 66.8 Å². The van der Waals surface area contributed by atoms with Crippen LogP contribution < -0.4 is 4.74 Å². The van der Waals surface area contributed by atoms with Gasteiger partial charge in [0.05, 0.1) is 12.5 Å². The van der Waals surface area contributed by atoms with E-state index < -0.39 is 11.4 Å². The van der Waals surface area contributed by atoms with Crippen molar-refractivity contribution in [3.05, 3.63) is 89.1 Å². The van der Waals surface area contributed by atoms with Crippen molar-refractivity contribution >= 4 is 11.8 Å². The first-order valence-corrected chi connectivity index (χ1v) is 11.7. The third kappa shape index (κ3) is 4.87. The van der Waals surface area contributed by atoms with Gasteiger partial charge in [0, 0.05) is 30.8 Å². The smallest absolute Gasteiger partial charge is 0.303 e. The largest absolute Gasteiger partial charge is 0.497 e. The van der Waals surface area contributed by atoms with Crippen molar-refractivity contribution in [2.45, 2.75) is 43.9 Å². The number of methoxy groups -OCH3 is 1. The summed E-state index contributed by atoms with van der Waals surface area (Å²) in [6.45, 7) is 1.78. The van der Waals surface area contributed by atoms with Gasteiger partial charge in [-0.25, -0.2) is 0 Å². The number of allylic oxidation sites excluding steroid dienone is 3. The Morgan fingerprint density at radius 1 is 1.06 bits per heavy atom. The molecule has 5 nitrogen and oxygen atoms in total. The van der Waals surface area contributed by atoms with E-state index in [4.69, 9.17) is 4.74 Å². The van der Waals surface area contributed by atoms with E-state index in [0.717, 1.165) is 54.9 Å². The summed E-state index contributed by atoms with van der Waals surface area (Å²) in [5, 5.41) is 9.53. The van der Waals surface area contributed by atoms with E-state index in [0.29, 0.717) is 12.8 Å². The second-order valence-electron chi connectivity index (χ2n) is 8.80. The van der Waals surface area contributed by atoms with Gasteiger partial charge in [-0.05, 0) is 61.4 Å². The Bertz CT molecular complexity index is 1050. The number of ketones is 1. The standard InChI is InChI=1S/C28H31NO4/c1-33-23-13-11-22(12-14-23)28(18-16-26(31)32)17-15-25(30)24(27(28)29-19-6-20-29)10-5-9-21-7-3-2-4-8-21/h2-4,7-8,11-15,17H,5-6,9-10,16,18-20H2,1H3,(H,31,32). The van der Waals surface area contributed by atoms with E-state index in [1.54, 1.807) is 13.2 Å². The van der Waals surface area contributed by atoms with Gasteiger partial charge in [0.2, 0.25) is 0 Å². The summed E-state index contributed by atoms with van der Waals surface area (Å²) in [6.07, 6.45) is 7.56. The molecule has 0 bridgehead atoms. The molecule has 1 heterocycles. The molecule has 2 aromatic carbocycles. The van der Waals surface area contributed by atoms with Gasteiger partial charge in [-0.15, -0.1) is 0 Å². The number of carbonyl (C=O) groups excluding carboxylic acids is 1. The molecule has 0 spiro atoms. The second-order valence-corrected chi connectivity index (χ2v) is 8.80. The fourth-order valence-corrected chi connectivity index (χ4v) is 4.92. The molecule has 1 unspecified atom stereocenters. The van der Waals surface area contributed by atoms with Gasteiger partial charge >= 0.3 is 5.97 Å². The lowest BCUT2D eigenvalue weighted by atomic mass is 9.68. The Balaban J connectivity index is 1.74. The average molecular weight is 446 g/mol. The summed E-state index contributed by atoms with van der Waals surface area (Å²) in [5.41, 5.74) is 3.45. The number of hydrogen-bond acceptors (Lipinski definition) is 4. The Labute approximate surface area is 195 Å². The summed E-state index contributed by atoms with van der Waals surface area (Å²) >= 11 is 0. The number of likely N-dealkylation sites (tertiary alicyclic amines) is 1. The molecule has 1 aliphatic carbocycles. The van der Waals surface area contributed by atoms with Crippen molar-refractivity contribution in [2.75, 3.05) is 20.2 Å². The number of carboxylic acids is 1. The van der Waals surface area contributed by atoms with Gasteiger partial charge in [0.15, 0.2) is 5.78 Å². The Kier molecular flexibility index (Phi) is 6.97. The lowest BCUT2D eigenvalue weighted by Crippen LogP contribution is -2.47. The second kappa shape index (κ2) is 10.1. The SMILES string of the molecule is COc1ccc(C2(CCC(=O)O)C=CC(=O)C(CCCc3ccccc3)=C2N2CCC2)cc1. The summed E-state index contributed by atoms with van der Waals surface area (Å²) in [7, 11) is 1.63. The number of carbonyl (C=O) groups is 2. The molecule has 1 aliphatic heterocycles. The molecule has 1 fully saturated rings. The number of aryl methyl sites for hydroxylation is 1. The first kappa shape index (κ1) is 22.8. The minimum atomic E-state index is -0.832. The van der Waals surface area contributed by atoms with Crippen LogP contribution in [0.25, 0.3) is 0 Å². The van der Waals surface area contributed by atoms with E-state index in [1.807, 2.05) is 48.5 Å². The van der Waals surface area contributed by atoms with Crippen LogP contribution in [0.2, 0.25) is 0 Å². The minimum absolute atomic E-state index is 0.0270. The van der Waals surface area contributed by atoms with Crippen molar-refractivity contribution in [3.8, 4) is 5.75 Å². The van der Waals surface area contributed by atoms with Crippen molar-refractivity contribution in [3.63, 3.8) is 0 Å². The zero-order chi connectivity index (χ0) is 23.3. The van der Waals surface area contributed by atoms with Gasteiger partial charge in [-0.1, -0.05) is 48.5 Å². The first-order valence-electron chi connectivity index (χ1n) is 11.7. The number of hydrogen-bond donors (Lipinski definition) is 1. The average Bonchev–Trinajstić information content (AvgIpc) is 2.80. The highest BCUT2D eigenvalue weighted by molar-refractivity contribution is 6.06. The highest BCUT2D eigenvalue weighted by atomic mass is 16.5. The fraction of sp³-hybridized carbons (Fsp3) is 0.357. The van der Waals surface area contributed by atoms with Gasteiger partial charge in [-0.3, -0.25) is 9.59 Å². The van der Waals surface area contributed by atoms with Gasteiger partial charge in [-0.2, -0.15) is 0 Å². The highest BCUT2D eigenvalue weighted by Gasteiger charge is 2.43. The fourth-order valence-electron chi connectivity index (χ4n) is 4.92. The molecule has 1 saturated heterocycles. The number of rotatable bonds is 10. The van der Waals surface area contributed by atoms with Crippen LogP contribution in [-0.2, 0) is 21.4 Å². The van der Waals surface area contributed by atoms with Crippen LogP contribution in [-0.4, -0.2) is 42.0 Å². The normalized spacial score (nSPS) is 20.0. The van der Waals surface area contributed by atoms with Crippen LogP contribution in [0.15, 0.2) is 78.0 Å². The molecule has 5 heteroatoms. The van der Waals surface area contributed by atoms with Crippen LogP contribution in [0.4, 0.5) is 0 Å². The van der Waals surface area contributed by atoms with Gasteiger partial charge in [0.25, 0.3) is 0 Å². The molecule has 172 valence electrons.